The third kappa shape index (κ3) is 3.73. The first kappa shape index (κ1) is 14.9. The first-order valence-electron chi connectivity index (χ1n) is 2.84. The molecule has 0 atom stereocenters. The zero-order valence-electron chi connectivity index (χ0n) is 6.47. The van der Waals surface area contributed by atoms with E-state index in [-0.39, 0.29) is 30.8 Å². The molecule has 1 aromatic heterocycles. The molecule has 0 radical (unpaired) electrons. The summed E-state index contributed by atoms with van der Waals surface area (Å²) in [7, 11) is 1.49. The second-order valence-electron chi connectivity index (χ2n) is 1.88. The molecular formula is C5H8Cl2F3N3. The van der Waals surface area contributed by atoms with Crippen molar-refractivity contribution in [1.29, 1.82) is 0 Å². The van der Waals surface area contributed by atoms with E-state index in [1.165, 1.54) is 7.05 Å². The van der Waals surface area contributed by atoms with E-state index < -0.39 is 11.9 Å². The van der Waals surface area contributed by atoms with E-state index >= 15 is 0 Å². The number of aromatic amines is 1. The van der Waals surface area contributed by atoms with Crippen LogP contribution in [0.15, 0.2) is 6.20 Å². The van der Waals surface area contributed by atoms with Crippen molar-refractivity contribution < 1.29 is 13.2 Å². The standard InChI is InChI=1S/C5H6F3N3.2ClH/c1-9-4-10-2-3(11-4)5(6,7)8;;/h2H,1H3,(H2,9,10,11);2*1H. The molecule has 0 aliphatic rings. The number of hydrogen-bond acceptors (Lipinski definition) is 2. The smallest absolute Gasteiger partial charge is 0.359 e. The van der Waals surface area contributed by atoms with Crippen LogP contribution in [0.2, 0.25) is 0 Å². The highest BCUT2D eigenvalue weighted by atomic mass is 35.5. The molecule has 13 heavy (non-hydrogen) atoms. The van der Waals surface area contributed by atoms with E-state index in [4.69, 9.17) is 0 Å². The van der Waals surface area contributed by atoms with Crippen LogP contribution in [0.1, 0.15) is 5.69 Å². The maximum Gasteiger partial charge on any atom is 0.434 e. The van der Waals surface area contributed by atoms with Crippen LogP contribution in [0.5, 0.6) is 0 Å². The Labute approximate surface area is 84.9 Å². The second-order valence-corrected chi connectivity index (χ2v) is 1.88. The van der Waals surface area contributed by atoms with Gasteiger partial charge in [-0.15, -0.1) is 24.8 Å². The second kappa shape index (κ2) is 5.18. The first-order chi connectivity index (χ1) is 5.04. The van der Waals surface area contributed by atoms with Crippen LogP contribution in [0, 0.1) is 0 Å². The maximum absolute atomic E-state index is 11.8. The summed E-state index contributed by atoms with van der Waals surface area (Å²) < 4.78 is 35.5. The molecule has 0 amide bonds. The lowest BCUT2D eigenvalue weighted by Crippen LogP contribution is -2.05. The summed E-state index contributed by atoms with van der Waals surface area (Å²) >= 11 is 0. The molecule has 0 saturated carbocycles. The number of H-pyrrole nitrogens is 1. The van der Waals surface area contributed by atoms with Crippen molar-refractivity contribution in [1.82, 2.24) is 9.97 Å². The lowest BCUT2D eigenvalue weighted by Gasteiger charge is -1.98. The summed E-state index contributed by atoms with van der Waals surface area (Å²) in [6, 6.07) is 0. The molecule has 0 bridgehead atoms. The van der Waals surface area contributed by atoms with Crippen LogP contribution in [0.4, 0.5) is 19.1 Å². The first-order valence-corrected chi connectivity index (χ1v) is 2.84. The molecule has 0 aromatic carbocycles. The minimum absolute atomic E-state index is 0. The number of anilines is 1. The minimum atomic E-state index is -4.37. The fourth-order valence-electron chi connectivity index (χ4n) is 0.595. The summed E-state index contributed by atoms with van der Waals surface area (Å²) in [5, 5.41) is 2.45. The molecule has 0 saturated heterocycles. The molecular weight excluding hydrogens is 230 g/mol. The van der Waals surface area contributed by atoms with E-state index in [1.807, 2.05) is 0 Å². The van der Waals surface area contributed by atoms with Gasteiger partial charge in [0.2, 0.25) is 0 Å². The number of alkyl halides is 3. The molecule has 0 unspecified atom stereocenters. The zero-order chi connectivity index (χ0) is 8.48. The Morgan fingerprint density at radius 2 is 1.92 bits per heavy atom. The van der Waals surface area contributed by atoms with Gasteiger partial charge in [0.1, 0.15) is 0 Å². The van der Waals surface area contributed by atoms with Gasteiger partial charge in [-0.05, 0) is 0 Å². The summed E-state index contributed by atoms with van der Waals surface area (Å²) in [4.78, 5) is 5.53. The number of imidazole rings is 1. The molecule has 3 nitrogen and oxygen atoms in total. The molecule has 8 heteroatoms. The molecule has 0 fully saturated rings. The van der Waals surface area contributed by atoms with Crippen LogP contribution in [-0.2, 0) is 6.18 Å². The van der Waals surface area contributed by atoms with Gasteiger partial charge in [-0.1, -0.05) is 0 Å². The third-order valence-electron chi connectivity index (χ3n) is 1.11. The molecule has 0 aliphatic heterocycles. The summed E-state index contributed by atoms with van der Waals surface area (Å²) in [5.74, 6) is 0.109. The highest BCUT2D eigenvalue weighted by Gasteiger charge is 2.33. The van der Waals surface area contributed by atoms with Crippen LogP contribution in [-0.4, -0.2) is 17.0 Å². The number of nitrogens with zero attached hydrogens (tertiary/aromatic N) is 1. The SMILES string of the molecule is CNc1nc(C(F)(F)F)c[nH]1.Cl.Cl. The molecule has 1 heterocycles. The Kier molecular flexibility index (Phi) is 5.93. The Bertz CT molecular complexity index is 247. The minimum Gasteiger partial charge on any atom is -0.359 e. The molecule has 2 N–H and O–H groups in total. The van der Waals surface area contributed by atoms with Crippen LogP contribution in [0.25, 0.3) is 0 Å². The van der Waals surface area contributed by atoms with E-state index in [1.54, 1.807) is 0 Å². The average molecular weight is 238 g/mol. The number of hydrogen-bond donors (Lipinski definition) is 2. The van der Waals surface area contributed by atoms with E-state index in [2.05, 4.69) is 15.3 Å². The predicted molar refractivity (Wildman–Crippen MR) is 47.6 cm³/mol. The average Bonchev–Trinajstić information content (AvgIpc) is 2.32. The van der Waals surface area contributed by atoms with E-state index in [9.17, 15) is 13.2 Å². The molecule has 0 spiro atoms. The van der Waals surface area contributed by atoms with Crippen molar-refractivity contribution in [2.24, 2.45) is 0 Å². The van der Waals surface area contributed by atoms with Crippen molar-refractivity contribution in [3.63, 3.8) is 0 Å². The molecule has 78 valence electrons. The predicted octanol–water partition coefficient (Wildman–Crippen LogP) is 2.31. The summed E-state index contributed by atoms with van der Waals surface area (Å²) in [6.07, 6.45) is -3.56. The van der Waals surface area contributed by atoms with E-state index in [0.717, 1.165) is 6.20 Å². The van der Waals surface area contributed by atoms with Gasteiger partial charge in [-0.25, -0.2) is 4.98 Å². The summed E-state index contributed by atoms with van der Waals surface area (Å²) in [5.41, 5.74) is -0.915. The van der Waals surface area contributed by atoms with Gasteiger partial charge in [0.15, 0.2) is 11.6 Å². The maximum atomic E-state index is 11.8. The van der Waals surface area contributed by atoms with Crippen molar-refractivity contribution in [3.8, 4) is 0 Å². The van der Waals surface area contributed by atoms with Crippen LogP contribution < -0.4 is 5.32 Å². The highest BCUT2D eigenvalue weighted by molar-refractivity contribution is 5.85. The monoisotopic (exact) mass is 237 g/mol. The third-order valence-corrected chi connectivity index (χ3v) is 1.11. The van der Waals surface area contributed by atoms with Gasteiger partial charge in [0.05, 0.1) is 0 Å². The van der Waals surface area contributed by atoms with Crippen LogP contribution in [0.3, 0.4) is 0 Å². The van der Waals surface area contributed by atoms with Crippen molar-refractivity contribution in [3.05, 3.63) is 11.9 Å². The fourth-order valence-corrected chi connectivity index (χ4v) is 0.595. The van der Waals surface area contributed by atoms with Crippen molar-refractivity contribution >= 4 is 30.8 Å². The van der Waals surface area contributed by atoms with Gasteiger partial charge >= 0.3 is 6.18 Å². The number of halogens is 5. The Morgan fingerprint density at radius 3 is 2.15 bits per heavy atom. The van der Waals surface area contributed by atoms with Gasteiger partial charge in [-0.3, -0.25) is 0 Å². The van der Waals surface area contributed by atoms with Crippen molar-refractivity contribution in [2.45, 2.75) is 6.18 Å². The largest absolute Gasteiger partial charge is 0.434 e. The lowest BCUT2D eigenvalue weighted by atomic mass is 10.5. The Hall–Kier alpha value is -0.620. The topological polar surface area (TPSA) is 40.7 Å². The fraction of sp³-hybridized carbons (Fsp3) is 0.400. The molecule has 1 aromatic rings. The van der Waals surface area contributed by atoms with Gasteiger partial charge in [0, 0.05) is 13.2 Å². The van der Waals surface area contributed by atoms with Crippen LogP contribution >= 0.6 is 24.8 Å². The van der Waals surface area contributed by atoms with Gasteiger partial charge < -0.3 is 10.3 Å². The Morgan fingerprint density at radius 1 is 1.38 bits per heavy atom. The number of rotatable bonds is 1. The highest BCUT2D eigenvalue weighted by Crippen LogP contribution is 2.27. The summed E-state index contributed by atoms with van der Waals surface area (Å²) in [6.45, 7) is 0. The van der Waals surface area contributed by atoms with E-state index in [0.29, 0.717) is 0 Å². The van der Waals surface area contributed by atoms with Gasteiger partial charge in [-0.2, -0.15) is 13.2 Å². The quantitative estimate of drug-likeness (QED) is 0.788. The van der Waals surface area contributed by atoms with Gasteiger partial charge in [0.25, 0.3) is 0 Å². The molecule has 0 aliphatic carbocycles. The normalized spacial score (nSPS) is 9.85. The number of aromatic nitrogens is 2. The molecule has 1 rings (SSSR count). The number of nitrogens with one attached hydrogen (secondary N) is 2. The Balaban J connectivity index is 0. The van der Waals surface area contributed by atoms with Crippen molar-refractivity contribution in [2.75, 3.05) is 12.4 Å². The zero-order valence-corrected chi connectivity index (χ0v) is 8.11. The lowest BCUT2D eigenvalue weighted by molar-refractivity contribution is -0.140.